The summed E-state index contributed by atoms with van der Waals surface area (Å²) in [5.41, 5.74) is 0.502. The highest BCUT2D eigenvalue weighted by molar-refractivity contribution is 6.70. The van der Waals surface area contributed by atoms with Gasteiger partial charge in [-0.3, -0.25) is 4.79 Å². The molecule has 0 aliphatic rings. The van der Waals surface area contributed by atoms with Gasteiger partial charge in [-0.1, -0.05) is 0 Å². The van der Waals surface area contributed by atoms with Gasteiger partial charge in [-0.05, 0) is 31.8 Å². The normalized spacial score (nSPS) is 10.9. The highest BCUT2D eigenvalue weighted by atomic mass is 28.4. The Morgan fingerprint density at radius 1 is 1.06 bits per heavy atom. The standard InChI is InChI=1S/C12H18O4Si/c1-14-10-6-9(8-13)7-11(15-2)12(10)16-17(3,4)5/h6-8H,1-5H3. The lowest BCUT2D eigenvalue weighted by molar-refractivity contribution is 0.112. The largest absolute Gasteiger partial charge is 0.539 e. The molecule has 0 atom stereocenters. The third-order valence-electron chi connectivity index (χ3n) is 2.03. The molecule has 0 fully saturated rings. The van der Waals surface area contributed by atoms with Crippen molar-refractivity contribution in [1.29, 1.82) is 0 Å². The molecule has 4 nitrogen and oxygen atoms in total. The van der Waals surface area contributed by atoms with E-state index in [0.29, 0.717) is 22.8 Å². The van der Waals surface area contributed by atoms with Crippen molar-refractivity contribution in [3.63, 3.8) is 0 Å². The van der Waals surface area contributed by atoms with Crippen LogP contribution in [0.3, 0.4) is 0 Å². The number of hydrogen-bond acceptors (Lipinski definition) is 4. The maximum atomic E-state index is 10.8. The molecule has 0 heterocycles. The molecule has 0 N–H and O–H groups in total. The van der Waals surface area contributed by atoms with Crippen LogP contribution in [0.2, 0.25) is 19.6 Å². The van der Waals surface area contributed by atoms with E-state index in [-0.39, 0.29) is 0 Å². The quantitative estimate of drug-likeness (QED) is 0.598. The van der Waals surface area contributed by atoms with Gasteiger partial charge in [-0.2, -0.15) is 0 Å². The van der Waals surface area contributed by atoms with E-state index < -0.39 is 8.32 Å². The minimum atomic E-state index is -1.77. The topological polar surface area (TPSA) is 44.8 Å². The second kappa shape index (κ2) is 5.22. The van der Waals surface area contributed by atoms with Gasteiger partial charge in [0.15, 0.2) is 17.2 Å². The summed E-state index contributed by atoms with van der Waals surface area (Å²) >= 11 is 0. The molecule has 1 aromatic rings. The minimum Gasteiger partial charge on any atom is -0.539 e. The summed E-state index contributed by atoms with van der Waals surface area (Å²) in [7, 11) is 1.31. The van der Waals surface area contributed by atoms with E-state index in [2.05, 4.69) is 19.6 Å². The van der Waals surface area contributed by atoms with E-state index in [1.165, 1.54) is 0 Å². The lowest BCUT2D eigenvalue weighted by atomic mass is 10.2. The number of benzene rings is 1. The lowest BCUT2D eigenvalue weighted by Crippen LogP contribution is -2.29. The molecule has 0 amide bonds. The zero-order chi connectivity index (χ0) is 13.1. The summed E-state index contributed by atoms with van der Waals surface area (Å²) in [4.78, 5) is 10.8. The number of rotatable bonds is 5. The molecular formula is C12H18O4Si. The van der Waals surface area contributed by atoms with Crippen LogP contribution >= 0.6 is 0 Å². The van der Waals surface area contributed by atoms with Crippen LogP contribution in [0.4, 0.5) is 0 Å². The third kappa shape index (κ3) is 3.49. The molecule has 0 unspecified atom stereocenters. The fourth-order valence-electron chi connectivity index (χ4n) is 1.38. The van der Waals surface area contributed by atoms with E-state index in [4.69, 9.17) is 13.9 Å². The Labute approximate surface area is 103 Å². The molecule has 1 rings (SSSR count). The van der Waals surface area contributed by atoms with Gasteiger partial charge in [0.05, 0.1) is 14.2 Å². The van der Waals surface area contributed by atoms with Gasteiger partial charge in [0.1, 0.15) is 6.29 Å². The Balaban J connectivity index is 3.29. The van der Waals surface area contributed by atoms with Crippen LogP contribution in [0.15, 0.2) is 12.1 Å². The molecule has 0 aliphatic carbocycles. The predicted octanol–water partition coefficient (Wildman–Crippen LogP) is 2.73. The first-order valence-electron chi connectivity index (χ1n) is 5.31. The second-order valence-electron chi connectivity index (χ2n) is 4.59. The molecule has 17 heavy (non-hydrogen) atoms. The van der Waals surface area contributed by atoms with Gasteiger partial charge >= 0.3 is 0 Å². The molecule has 0 aromatic heterocycles. The van der Waals surface area contributed by atoms with Crippen molar-refractivity contribution in [2.75, 3.05) is 14.2 Å². The number of carbonyl (C=O) groups is 1. The van der Waals surface area contributed by atoms with Gasteiger partial charge in [0.25, 0.3) is 0 Å². The van der Waals surface area contributed by atoms with Crippen LogP contribution in [0.5, 0.6) is 17.2 Å². The van der Waals surface area contributed by atoms with Crippen molar-refractivity contribution < 1.29 is 18.7 Å². The molecule has 0 saturated heterocycles. The van der Waals surface area contributed by atoms with Crippen molar-refractivity contribution in [3.05, 3.63) is 17.7 Å². The van der Waals surface area contributed by atoms with Crippen LogP contribution < -0.4 is 13.9 Å². The summed E-state index contributed by atoms with van der Waals surface area (Å²) < 4.78 is 16.4. The lowest BCUT2D eigenvalue weighted by Gasteiger charge is -2.23. The van der Waals surface area contributed by atoms with Gasteiger partial charge in [0, 0.05) is 5.56 Å². The van der Waals surface area contributed by atoms with Gasteiger partial charge in [-0.25, -0.2) is 0 Å². The van der Waals surface area contributed by atoms with Crippen LogP contribution in [0, 0.1) is 0 Å². The molecule has 0 saturated carbocycles. The SMILES string of the molecule is COc1cc(C=O)cc(OC)c1O[Si](C)(C)C. The Kier molecular flexibility index (Phi) is 4.17. The summed E-state index contributed by atoms with van der Waals surface area (Å²) in [6.07, 6.45) is 0.753. The molecule has 1 aromatic carbocycles. The second-order valence-corrected chi connectivity index (χ2v) is 9.02. The van der Waals surface area contributed by atoms with Crippen molar-refractivity contribution in [2.45, 2.75) is 19.6 Å². The number of ether oxygens (including phenoxy) is 2. The van der Waals surface area contributed by atoms with E-state index in [1.54, 1.807) is 26.4 Å². The van der Waals surface area contributed by atoms with Gasteiger partial charge < -0.3 is 13.9 Å². The monoisotopic (exact) mass is 254 g/mol. The fourth-order valence-corrected chi connectivity index (χ4v) is 2.19. The van der Waals surface area contributed by atoms with Gasteiger partial charge in [0.2, 0.25) is 8.32 Å². The van der Waals surface area contributed by atoms with Crippen LogP contribution in [0.1, 0.15) is 10.4 Å². The van der Waals surface area contributed by atoms with Gasteiger partial charge in [-0.15, -0.1) is 0 Å². The first-order chi connectivity index (χ1) is 7.91. The summed E-state index contributed by atoms with van der Waals surface area (Å²) in [5, 5.41) is 0. The number of carbonyl (C=O) groups excluding carboxylic acids is 1. The predicted molar refractivity (Wildman–Crippen MR) is 68.9 cm³/mol. The van der Waals surface area contributed by atoms with E-state index in [0.717, 1.165) is 6.29 Å². The van der Waals surface area contributed by atoms with E-state index in [9.17, 15) is 4.79 Å². The highest BCUT2D eigenvalue weighted by Gasteiger charge is 2.22. The molecule has 0 aliphatic heterocycles. The molecule has 0 bridgehead atoms. The molecule has 5 heteroatoms. The summed E-state index contributed by atoms with van der Waals surface area (Å²) in [6.45, 7) is 6.21. The van der Waals surface area contributed by atoms with Crippen molar-refractivity contribution >= 4 is 14.6 Å². The maximum Gasteiger partial charge on any atom is 0.242 e. The Morgan fingerprint density at radius 2 is 1.53 bits per heavy atom. The third-order valence-corrected chi connectivity index (χ3v) is 2.84. The average Bonchev–Trinajstić information content (AvgIpc) is 2.27. The van der Waals surface area contributed by atoms with Crippen molar-refractivity contribution in [3.8, 4) is 17.2 Å². The summed E-state index contributed by atoms with van der Waals surface area (Å²) in [5.74, 6) is 1.61. The average molecular weight is 254 g/mol. The maximum absolute atomic E-state index is 10.8. The minimum absolute atomic E-state index is 0.502. The molecule has 94 valence electrons. The van der Waals surface area contributed by atoms with Crippen LogP contribution in [0.25, 0.3) is 0 Å². The van der Waals surface area contributed by atoms with Crippen molar-refractivity contribution in [2.24, 2.45) is 0 Å². The number of methoxy groups -OCH3 is 2. The van der Waals surface area contributed by atoms with Crippen LogP contribution in [-0.2, 0) is 0 Å². The first-order valence-corrected chi connectivity index (χ1v) is 8.72. The van der Waals surface area contributed by atoms with Crippen molar-refractivity contribution in [1.82, 2.24) is 0 Å². The van der Waals surface area contributed by atoms with Crippen LogP contribution in [-0.4, -0.2) is 28.8 Å². The zero-order valence-corrected chi connectivity index (χ0v) is 11.9. The summed E-state index contributed by atoms with van der Waals surface area (Å²) in [6, 6.07) is 3.29. The first kappa shape index (κ1) is 13.6. The molecular weight excluding hydrogens is 236 g/mol. The fraction of sp³-hybridized carbons (Fsp3) is 0.417. The Bertz CT molecular complexity index is 384. The smallest absolute Gasteiger partial charge is 0.242 e. The number of hydrogen-bond donors (Lipinski definition) is 0. The van der Waals surface area contributed by atoms with E-state index >= 15 is 0 Å². The zero-order valence-electron chi connectivity index (χ0n) is 10.9. The molecule has 0 spiro atoms. The Hall–Kier alpha value is -1.49. The highest BCUT2D eigenvalue weighted by Crippen LogP contribution is 2.39. The Morgan fingerprint density at radius 3 is 1.82 bits per heavy atom. The number of aldehydes is 1. The van der Waals surface area contributed by atoms with E-state index in [1.807, 2.05) is 0 Å². The molecule has 0 radical (unpaired) electrons.